The minimum absolute atomic E-state index is 0.896. The van der Waals surface area contributed by atoms with Crippen LogP contribution in [0, 0.1) is 23.7 Å². The Morgan fingerprint density at radius 3 is 2.50 bits per heavy atom. The van der Waals surface area contributed by atoms with Gasteiger partial charge in [0.2, 0.25) is 0 Å². The summed E-state index contributed by atoms with van der Waals surface area (Å²) in [6, 6.07) is 0. The first-order valence-corrected chi connectivity index (χ1v) is 4.44. The van der Waals surface area contributed by atoms with E-state index in [1.54, 1.807) is 0 Å². The molecule has 2 fully saturated rings. The van der Waals surface area contributed by atoms with Gasteiger partial charge in [-0.25, -0.2) is 0 Å². The zero-order valence-corrected chi connectivity index (χ0v) is 6.72. The summed E-state index contributed by atoms with van der Waals surface area (Å²) in [6.07, 6.45) is 6.57. The first-order valence-electron chi connectivity index (χ1n) is 4.44. The second kappa shape index (κ2) is 2.11. The minimum atomic E-state index is 0.896. The third-order valence-electron chi connectivity index (χ3n) is 3.16. The summed E-state index contributed by atoms with van der Waals surface area (Å²) < 4.78 is 0. The smallest absolute Gasteiger partial charge is 0.0205 e. The van der Waals surface area contributed by atoms with Gasteiger partial charge < -0.3 is 0 Å². The van der Waals surface area contributed by atoms with E-state index in [-0.39, 0.29) is 0 Å². The van der Waals surface area contributed by atoms with Gasteiger partial charge in [-0.15, -0.1) is 6.58 Å². The Kier molecular flexibility index (Phi) is 1.36. The van der Waals surface area contributed by atoms with E-state index < -0.39 is 0 Å². The van der Waals surface area contributed by atoms with Gasteiger partial charge in [0.25, 0.3) is 0 Å². The zero-order valence-electron chi connectivity index (χ0n) is 6.72. The Morgan fingerprint density at radius 2 is 2.10 bits per heavy atom. The highest BCUT2D eigenvalue weighted by Crippen LogP contribution is 2.51. The van der Waals surface area contributed by atoms with Crippen molar-refractivity contribution < 1.29 is 0 Å². The van der Waals surface area contributed by atoms with E-state index in [9.17, 15) is 0 Å². The summed E-state index contributed by atoms with van der Waals surface area (Å²) in [6.45, 7) is 6.19. The van der Waals surface area contributed by atoms with Gasteiger partial charge in [0.1, 0.15) is 0 Å². The summed E-state index contributed by atoms with van der Waals surface area (Å²) in [5, 5.41) is 0. The molecule has 10 heavy (non-hydrogen) atoms. The van der Waals surface area contributed by atoms with E-state index in [0.717, 1.165) is 23.7 Å². The lowest BCUT2D eigenvalue weighted by atomic mass is 10.1. The van der Waals surface area contributed by atoms with Crippen LogP contribution in [0.3, 0.4) is 0 Å². The van der Waals surface area contributed by atoms with Gasteiger partial charge in [0, 0.05) is 0 Å². The highest BCUT2D eigenvalue weighted by molar-refractivity contribution is 5.00. The Balaban J connectivity index is 1.69. The normalized spacial score (nSPS) is 50.5. The predicted molar refractivity (Wildman–Crippen MR) is 43.7 cm³/mol. The number of hydrogen-bond acceptors (Lipinski definition) is 0. The fraction of sp³-hybridized carbons (Fsp3) is 0.800. The molecule has 0 unspecified atom stereocenters. The van der Waals surface area contributed by atoms with Gasteiger partial charge in [-0.05, 0) is 42.9 Å². The monoisotopic (exact) mass is 136 g/mol. The van der Waals surface area contributed by atoms with Gasteiger partial charge in [0.15, 0.2) is 0 Å². The summed E-state index contributed by atoms with van der Waals surface area (Å²) >= 11 is 0. The molecule has 0 N–H and O–H groups in total. The summed E-state index contributed by atoms with van der Waals surface area (Å²) in [7, 11) is 0. The largest absolute Gasteiger partial charge is 0.103 e. The standard InChI is InChI=1S/C10H16/c1-3-8-5-10(8)6-9-4-7(9)2/h3,7-10H,1,4-6H2,2H3/t7-,8+,9+,10-/m0/s1. The Morgan fingerprint density at radius 1 is 1.40 bits per heavy atom. The molecule has 0 aromatic carbocycles. The highest BCUT2D eigenvalue weighted by Gasteiger charge is 2.42. The maximum absolute atomic E-state index is 3.82. The molecule has 0 saturated heterocycles. The van der Waals surface area contributed by atoms with Crippen molar-refractivity contribution in [3.8, 4) is 0 Å². The van der Waals surface area contributed by atoms with Crippen LogP contribution in [0.15, 0.2) is 12.7 Å². The van der Waals surface area contributed by atoms with Gasteiger partial charge >= 0.3 is 0 Å². The van der Waals surface area contributed by atoms with Crippen LogP contribution in [-0.2, 0) is 0 Å². The fourth-order valence-electron chi connectivity index (χ4n) is 1.95. The van der Waals surface area contributed by atoms with Crippen molar-refractivity contribution in [2.75, 3.05) is 0 Å². The lowest BCUT2D eigenvalue weighted by Crippen LogP contribution is -1.83. The molecule has 0 amide bonds. The van der Waals surface area contributed by atoms with Crippen LogP contribution in [0.5, 0.6) is 0 Å². The molecule has 2 aliphatic carbocycles. The van der Waals surface area contributed by atoms with E-state index in [0.29, 0.717) is 0 Å². The van der Waals surface area contributed by atoms with Crippen LogP contribution < -0.4 is 0 Å². The molecule has 0 aromatic heterocycles. The topological polar surface area (TPSA) is 0 Å². The van der Waals surface area contributed by atoms with E-state index >= 15 is 0 Å². The predicted octanol–water partition coefficient (Wildman–Crippen LogP) is 2.85. The van der Waals surface area contributed by atoms with Crippen molar-refractivity contribution in [3.05, 3.63) is 12.7 Å². The molecule has 0 spiro atoms. The molecule has 0 aliphatic heterocycles. The van der Waals surface area contributed by atoms with Crippen molar-refractivity contribution in [2.45, 2.75) is 26.2 Å². The number of hydrogen-bond donors (Lipinski definition) is 0. The fourth-order valence-corrected chi connectivity index (χ4v) is 1.95. The zero-order chi connectivity index (χ0) is 7.14. The van der Waals surface area contributed by atoms with Gasteiger partial charge in [-0.1, -0.05) is 13.0 Å². The highest BCUT2D eigenvalue weighted by atomic mass is 14.5. The molecule has 0 aromatic rings. The first kappa shape index (κ1) is 6.45. The second-order valence-electron chi connectivity index (χ2n) is 4.10. The van der Waals surface area contributed by atoms with E-state index in [1.165, 1.54) is 19.3 Å². The lowest BCUT2D eigenvalue weighted by Gasteiger charge is -1.92. The van der Waals surface area contributed by atoms with Crippen molar-refractivity contribution in [3.63, 3.8) is 0 Å². The molecule has 0 heterocycles. The Bertz CT molecular complexity index is 148. The van der Waals surface area contributed by atoms with Crippen LogP contribution >= 0.6 is 0 Å². The molecule has 0 nitrogen and oxygen atoms in total. The average Bonchev–Trinajstić information content (AvgIpc) is 2.76. The van der Waals surface area contributed by atoms with E-state index in [1.807, 2.05) is 0 Å². The maximum Gasteiger partial charge on any atom is -0.0205 e. The van der Waals surface area contributed by atoms with E-state index in [4.69, 9.17) is 0 Å². The third-order valence-corrected chi connectivity index (χ3v) is 3.16. The van der Waals surface area contributed by atoms with Gasteiger partial charge in [-0.3, -0.25) is 0 Å². The molecule has 56 valence electrons. The number of rotatable bonds is 3. The maximum atomic E-state index is 3.82. The SMILES string of the molecule is C=C[C@@H]1C[C@H]1C[C@H]1C[C@@H]1C. The van der Waals surface area contributed by atoms with Gasteiger partial charge in [0.05, 0.1) is 0 Å². The lowest BCUT2D eigenvalue weighted by molar-refractivity contribution is 0.597. The van der Waals surface area contributed by atoms with Crippen molar-refractivity contribution in [1.82, 2.24) is 0 Å². The minimum Gasteiger partial charge on any atom is -0.103 e. The molecular formula is C10H16. The molecule has 2 rings (SSSR count). The molecule has 0 heteroatoms. The summed E-state index contributed by atoms with van der Waals surface area (Å²) in [5.41, 5.74) is 0. The van der Waals surface area contributed by atoms with Crippen LogP contribution in [0.4, 0.5) is 0 Å². The summed E-state index contributed by atoms with van der Waals surface area (Å²) in [5.74, 6) is 4.07. The molecule has 4 atom stereocenters. The van der Waals surface area contributed by atoms with E-state index in [2.05, 4.69) is 19.6 Å². The average molecular weight is 136 g/mol. The quantitative estimate of drug-likeness (QED) is 0.523. The van der Waals surface area contributed by atoms with Crippen LogP contribution in [0.25, 0.3) is 0 Å². The third kappa shape index (κ3) is 1.12. The van der Waals surface area contributed by atoms with Crippen LogP contribution in [0.1, 0.15) is 26.2 Å². The van der Waals surface area contributed by atoms with Crippen LogP contribution in [0.2, 0.25) is 0 Å². The Hall–Kier alpha value is -0.260. The first-order chi connectivity index (χ1) is 4.81. The Labute approximate surface area is 63.3 Å². The van der Waals surface area contributed by atoms with Crippen molar-refractivity contribution in [1.29, 1.82) is 0 Å². The molecular weight excluding hydrogens is 120 g/mol. The molecule has 2 saturated carbocycles. The van der Waals surface area contributed by atoms with Gasteiger partial charge in [-0.2, -0.15) is 0 Å². The van der Waals surface area contributed by atoms with Crippen molar-refractivity contribution >= 4 is 0 Å². The van der Waals surface area contributed by atoms with Crippen LogP contribution in [-0.4, -0.2) is 0 Å². The van der Waals surface area contributed by atoms with Crippen molar-refractivity contribution in [2.24, 2.45) is 23.7 Å². The molecule has 0 bridgehead atoms. The number of allylic oxidation sites excluding steroid dienone is 1. The summed E-state index contributed by atoms with van der Waals surface area (Å²) in [4.78, 5) is 0. The molecule has 0 radical (unpaired) electrons. The second-order valence-corrected chi connectivity index (χ2v) is 4.10. The molecule has 2 aliphatic rings.